The Labute approximate surface area is 202 Å². The van der Waals surface area contributed by atoms with E-state index in [9.17, 15) is 4.57 Å². The first-order valence-electron chi connectivity index (χ1n) is 12.5. The van der Waals surface area contributed by atoms with Crippen LogP contribution in [0.4, 0.5) is 11.5 Å². The summed E-state index contributed by atoms with van der Waals surface area (Å²) in [5.41, 5.74) is 4.18. The number of benzene rings is 2. The molecule has 0 unspecified atom stereocenters. The van der Waals surface area contributed by atoms with E-state index in [0.717, 1.165) is 38.7 Å². The number of nitrogens with zero attached hydrogens (tertiary/aromatic N) is 3. The number of hydrogen-bond donors (Lipinski definition) is 1. The van der Waals surface area contributed by atoms with Crippen molar-refractivity contribution in [3.63, 3.8) is 0 Å². The lowest BCUT2D eigenvalue weighted by molar-refractivity contribution is 0.569. The highest BCUT2D eigenvalue weighted by Crippen LogP contribution is 2.53. The van der Waals surface area contributed by atoms with E-state index in [-0.39, 0.29) is 11.3 Å². The smallest absolute Gasteiger partial charge is 0.159 e. The molecule has 5 nitrogen and oxygen atoms in total. The number of anilines is 2. The number of imidazole rings is 1. The third-order valence-electron chi connectivity index (χ3n) is 7.53. The van der Waals surface area contributed by atoms with Crippen LogP contribution in [0, 0.1) is 0 Å². The number of hydrogen-bond acceptors (Lipinski definition) is 4. The first-order chi connectivity index (χ1) is 16.3. The van der Waals surface area contributed by atoms with Crippen LogP contribution >= 0.6 is 7.14 Å². The lowest BCUT2D eigenvalue weighted by Gasteiger charge is -2.26. The molecule has 0 aliphatic heterocycles. The average Bonchev–Trinajstić information content (AvgIpc) is 3.47. The number of nitrogens with one attached hydrogen (secondary N) is 1. The number of aromatic nitrogens is 3. The lowest BCUT2D eigenvalue weighted by atomic mass is 10.1. The largest absolute Gasteiger partial charge is 0.338 e. The van der Waals surface area contributed by atoms with E-state index in [1.54, 1.807) is 0 Å². The van der Waals surface area contributed by atoms with E-state index < -0.39 is 7.14 Å². The minimum absolute atomic E-state index is 0.121. The molecule has 34 heavy (non-hydrogen) atoms. The normalized spacial score (nSPS) is 15.3. The van der Waals surface area contributed by atoms with Crippen LogP contribution < -0.4 is 10.6 Å². The molecule has 1 aliphatic carbocycles. The predicted octanol–water partition coefficient (Wildman–Crippen LogP) is 7.33. The van der Waals surface area contributed by atoms with E-state index >= 15 is 0 Å². The molecule has 1 N–H and O–H groups in total. The highest BCUT2D eigenvalue weighted by atomic mass is 31.2. The molecule has 5 rings (SSSR count). The Hall–Kier alpha value is -2.65. The molecule has 0 atom stereocenters. The highest BCUT2D eigenvalue weighted by molar-refractivity contribution is 7.72. The van der Waals surface area contributed by atoms with Gasteiger partial charge in [0.15, 0.2) is 5.82 Å². The van der Waals surface area contributed by atoms with Crippen LogP contribution in [0.2, 0.25) is 0 Å². The zero-order chi connectivity index (χ0) is 24.0. The molecular formula is C28H35N4OP. The monoisotopic (exact) mass is 474 g/mol. The van der Waals surface area contributed by atoms with E-state index in [1.165, 1.54) is 31.5 Å². The average molecular weight is 475 g/mol. The van der Waals surface area contributed by atoms with Crippen molar-refractivity contribution in [2.45, 2.75) is 70.6 Å². The molecule has 0 radical (unpaired) electrons. The van der Waals surface area contributed by atoms with E-state index in [0.29, 0.717) is 5.92 Å². The van der Waals surface area contributed by atoms with Gasteiger partial charge in [0.05, 0.1) is 11.0 Å². The van der Waals surface area contributed by atoms with Crippen LogP contribution in [-0.4, -0.2) is 25.9 Å². The van der Waals surface area contributed by atoms with Crippen LogP contribution in [0.3, 0.4) is 0 Å². The molecule has 0 bridgehead atoms. The van der Waals surface area contributed by atoms with Gasteiger partial charge < -0.3 is 14.4 Å². The van der Waals surface area contributed by atoms with Gasteiger partial charge in [-0.1, -0.05) is 58.7 Å². The van der Waals surface area contributed by atoms with Crippen LogP contribution in [0.5, 0.6) is 0 Å². The Kier molecular flexibility index (Phi) is 6.02. The van der Waals surface area contributed by atoms with Gasteiger partial charge in [0, 0.05) is 40.7 Å². The second-order valence-electron chi connectivity index (χ2n) is 10.3. The summed E-state index contributed by atoms with van der Waals surface area (Å²) in [5.74, 6) is 2.46. The standard InChI is InChI=1S/C28H35N4OP/c1-18(2)34(33,19(3)4)22-16-14-21(15-17-22)29-27-25-26(23-12-8-9-13-24(23)30-27)32(5)28(31-25)20-10-6-7-11-20/h8-9,12-20H,6-7,10-11H2,1-5H3,(H,29,30). The first kappa shape index (κ1) is 23.1. The van der Waals surface area contributed by atoms with Crippen LogP contribution in [0.1, 0.15) is 65.1 Å². The summed E-state index contributed by atoms with van der Waals surface area (Å²) in [6, 6.07) is 16.4. The van der Waals surface area contributed by atoms with Crippen LogP contribution in [-0.2, 0) is 11.6 Å². The summed E-state index contributed by atoms with van der Waals surface area (Å²) in [7, 11) is -0.322. The number of fused-ring (bicyclic) bond motifs is 3. The summed E-state index contributed by atoms with van der Waals surface area (Å²) >= 11 is 0. The zero-order valence-electron chi connectivity index (χ0n) is 20.9. The SMILES string of the molecule is CC(C)P(=O)(c1ccc(Nc2nc3ccccc3c3c2nc(C2CCCC2)n3C)cc1)C(C)C. The molecule has 6 heteroatoms. The third-order valence-corrected chi connectivity index (χ3v) is 11.7. The molecule has 0 spiro atoms. The van der Waals surface area contributed by atoms with Crippen molar-refractivity contribution >= 4 is 45.9 Å². The van der Waals surface area contributed by atoms with Crippen molar-refractivity contribution in [1.82, 2.24) is 14.5 Å². The maximum absolute atomic E-state index is 13.7. The Morgan fingerprint density at radius 1 is 0.941 bits per heavy atom. The molecule has 4 aromatic rings. The fraction of sp³-hybridized carbons (Fsp3) is 0.429. The minimum atomic E-state index is -2.46. The maximum atomic E-state index is 13.7. The highest BCUT2D eigenvalue weighted by Gasteiger charge is 2.32. The van der Waals surface area contributed by atoms with Crippen molar-refractivity contribution in [2.75, 3.05) is 5.32 Å². The zero-order valence-corrected chi connectivity index (χ0v) is 21.8. The molecule has 2 heterocycles. The van der Waals surface area contributed by atoms with Crippen molar-refractivity contribution in [1.29, 1.82) is 0 Å². The molecule has 0 amide bonds. The predicted molar refractivity (Wildman–Crippen MR) is 144 cm³/mol. The van der Waals surface area contributed by atoms with Gasteiger partial charge in [0.25, 0.3) is 0 Å². The Morgan fingerprint density at radius 2 is 1.59 bits per heavy atom. The summed E-state index contributed by atoms with van der Waals surface area (Å²) < 4.78 is 16.0. The van der Waals surface area contributed by atoms with Crippen LogP contribution in [0.15, 0.2) is 48.5 Å². The minimum Gasteiger partial charge on any atom is -0.338 e. The van der Waals surface area contributed by atoms with Gasteiger partial charge in [-0.2, -0.15) is 0 Å². The van der Waals surface area contributed by atoms with Crippen molar-refractivity contribution in [3.8, 4) is 0 Å². The fourth-order valence-electron chi connectivity index (χ4n) is 5.68. The summed E-state index contributed by atoms with van der Waals surface area (Å²) in [6.45, 7) is 8.24. The van der Waals surface area contributed by atoms with Gasteiger partial charge >= 0.3 is 0 Å². The maximum Gasteiger partial charge on any atom is 0.159 e. The van der Waals surface area contributed by atoms with Gasteiger partial charge in [-0.15, -0.1) is 0 Å². The molecule has 0 saturated heterocycles. The van der Waals surface area contributed by atoms with Gasteiger partial charge in [-0.25, -0.2) is 9.97 Å². The van der Waals surface area contributed by atoms with Crippen molar-refractivity contribution < 1.29 is 4.57 Å². The van der Waals surface area contributed by atoms with Gasteiger partial charge in [-0.3, -0.25) is 0 Å². The number of aryl methyl sites for hydroxylation is 1. The van der Waals surface area contributed by atoms with Crippen molar-refractivity contribution in [2.24, 2.45) is 7.05 Å². The molecule has 2 aromatic heterocycles. The van der Waals surface area contributed by atoms with E-state index in [1.807, 2.05) is 30.3 Å². The summed E-state index contributed by atoms with van der Waals surface area (Å²) in [6.07, 6.45) is 4.97. The Morgan fingerprint density at radius 3 is 2.24 bits per heavy atom. The fourth-order valence-corrected chi connectivity index (χ4v) is 8.68. The molecule has 1 fully saturated rings. The topological polar surface area (TPSA) is 59.8 Å². The lowest BCUT2D eigenvalue weighted by Crippen LogP contribution is -2.19. The van der Waals surface area contributed by atoms with Crippen molar-refractivity contribution in [3.05, 3.63) is 54.4 Å². The molecule has 1 saturated carbocycles. The van der Waals surface area contributed by atoms with Gasteiger partial charge in [-0.05, 0) is 43.2 Å². The second kappa shape index (κ2) is 8.85. The van der Waals surface area contributed by atoms with E-state index in [2.05, 4.69) is 62.8 Å². The Bertz CT molecular complexity index is 1370. The van der Waals surface area contributed by atoms with Gasteiger partial charge in [0.2, 0.25) is 0 Å². The quantitative estimate of drug-likeness (QED) is 0.297. The molecule has 2 aromatic carbocycles. The summed E-state index contributed by atoms with van der Waals surface area (Å²) in [5, 5.41) is 5.61. The van der Waals surface area contributed by atoms with E-state index in [4.69, 9.17) is 9.97 Å². The third kappa shape index (κ3) is 3.75. The molecule has 178 valence electrons. The first-order valence-corrected chi connectivity index (χ1v) is 14.4. The molecule has 1 aliphatic rings. The summed E-state index contributed by atoms with van der Waals surface area (Å²) in [4.78, 5) is 10.1. The number of pyridine rings is 1. The number of para-hydroxylation sites is 1. The van der Waals surface area contributed by atoms with Gasteiger partial charge in [0.1, 0.15) is 18.5 Å². The van der Waals surface area contributed by atoms with Crippen LogP contribution in [0.25, 0.3) is 21.9 Å². The molecular weight excluding hydrogens is 439 g/mol. The second-order valence-corrected chi connectivity index (χ2v) is 14.3. The Balaban J connectivity index is 1.58. The number of rotatable bonds is 6.